The van der Waals surface area contributed by atoms with Crippen molar-refractivity contribution in [3.8, 4) is 5.75 Å². The molecule has 2 aromatic heterocycles. The number of hydrogen-bond acceptors (Lipinski definition) is 5. The van der Waals surface area contributed by atoms with Crippen LogP contribution in [0.2, 0.25) is 0 Å². The SMILES string of the molecule is Cc1nc2c(OCc3c(F)cccc3F)cccn2c1C(=O)N[C@@H]1c2ccccc2[C@H](O)[C@@H]1O. The van der Waals surface area contributed by atoms with Gasteiger partial charge in [-0.1, -0.05) is 30.3 Å². The van der Waals surface area contributed by atoms with E-state index in [1.54, 1.807) is 49.5 Å². The highest BCUT2D eigenvalue weighted by Gasteiger charge is 2.39. The molecule has 0 spiro atoms. The molecule has 1 amide bonds. The summed E-state index contributed by atoms with van der Waals surface area (Å²) in [6.07, 6.45) is -0.687. The van der Waals surface area contributed by atoms with Crippen LogP contribution in [0.5, 0.6) is 5.75 Å². The Morgan fingerprint density at radius 1 is 1.06 bits per heavy atom. The zero-order valence-corrected chi connectivity index (χ0v) is 18.1. The second kappa shape index (κ2) is 8.51. The maximum absolute atomic E-state index is 14.0. The third-order valence-corrected chi connectivity index (χ3v) is 6.04. The van der Waals surface area contributed by atoms with Crippen LogP contribution in [0, 0.1) is 18.6 Å². The number of fused-ring (bicyclic) bond motifs is 2. The summed E-state index contributed by atoms with van der Waals surface area (Å²) >= 11 is 0. The van der Waals surface area contributed by atoms with E-state index in [0.29, 0.717) is 22.5 Å². The van der Waals surface area contributed by atoms with Crippen LogP contribution in [0.3, 0.4) is 0 Å². The maximum atomic E-state index is 14.0. The van der Waals surface area contributed by atoms with Crippen LogP contribution in [-0.4, -0.2) is 31.6 Å². The van der Waals surface area contributed by atoms with Gasteiger partial charge < -0.3 is 20.3 Å². The molecule has 3 N–H and O–H groups in total. The van der Waals surface area contributed by atoms with E-state index in [0.717, 1.165) is 12.1 Å². The van der Waals surface area contributed by atoms with Gasteiger partial charge in [-0.05, 0) is 42.3 Å². The Morgan fingerprint density at radius 2 is 1.76 bits per heavy atom. The van der Waals surface area contributed by atoms with E-state index in [1.807, 2.05) is 0 Å². The van der Waals surface area contributed by atoms with Crippen molar-refractivity contribution in [3.05, 3.63) is 101 Å². The number of nitrogens with zero attached hydrogens (tertiary/aromatic N) is 2. The number of aryl methyl sites for hydroxylation is 1. The number of benzene rings is 2. The smallest absolute Gasteiger partial charge is 0.270 e. The van der Waals surface area contributed by atoms with E-state index in [-0.39, 0.29) is 23.6 Å². The van der Waals surface area contributed by atoms with Gasteiger partial charge in [-0.2, -0.15) is 0 Å². The Bertz CT molecular complexity index is 1380. The molecule has 2 aromatic carbocycles. The van der Waals surface area contributed by atoms with Gasteiger partial charge in [0.05, 0.1) is 17.3 Å². The average molecular weight is 465 g/mol. The Labute approximate surface area is 193 Å². The van der Waals surface area contributed by atoms with Crippen LogP contribution >= 0.6 is 0 Å². The lowest BCUT2D eigenvalue weighted by Gasteiger charge is -2.19. The van der Waals surface area contributed by atoms with Gasteiger partial charge >= 0.3 is 0 Å². The zero-order valence-electron chi connectivity index (χ0n) is 18.1. The number of carbonyl (C=O) groups excluding carboxylic acids is 1. The highest BCUT2D eigenvalue weighted by molar-refractivity contribution is 5.95. The van der Waals surface area contributed by atoms with Crippen molar-refractivity contribution >= 4 is 11.6 Å². The number of hydrogen-bond donors (Lipinski definition) is 3. The number of amides is 1. The fraction of sp³-hybridized carbons (Fsp3) is 0.200. The minimum Gasteiger partial charge on any atom is -0.485 e. The zero-order chi connectivity index (χ0) is 24.0. The number of aliphatic hydroxyl groups is 2. The number of aromatic nitrogens is 2. The molecule has 0 unspecified atom stereocenters. The lowest BCUT2D eigenvalue weighted by atomic mass is 10.1. The highest BCUT2D eigenvalue weighted by Crippen LogP contribution is 2.39. The standard InChI is InChI=1S/C25H21F2N3O4/c1-13-21(25(33)29-20-14-6-2-3-7-15(14)22(31)23(20)32)30-11-5-10-19(24(30)28-13)34-12-16-17(26)8-4-9-18(16)27/h2-11,20,22-23,31-32H,12H2,1H3,(H,29,33)/t20-,22+,23-/m1/s1. The van der Waals surface area contributed by atoms with Crippen molar-refractivity contribution in [2.45, 2.75) is 31.8 Å². The van der Waals surface area contributed by atoms with Gasteiger partial charge in [0, 0.05) is 6.20 Å². The number of imidazole rings is 1. The van der Waals surface area contributed by atoms with Gasteiger partial charge in [-0.15, -0.1) is 0 Å². The molecule has 5 rings (SSSR count). The maximum Gasteiger partial charge on any atom is 0.270 e. The summed E-state index contributed by atoms with van der Waals surface area (Å²) in [6.45, 7) is 1.30. The van der Waals surface area contributed by atoms with Gasteiger partial charge in [-0.3, -0.25) is 9.20 Å². The van der Waals surface area contributed by atoms with Gasteiger partial charge in [0.1, 0.15) is 36.1 Å². The van der Waals surface area contributed by atoms with Crippen LogP contribution in [-0.2, 0) is 6.61 Å². The normalized spacial score (nSPS) is 19.3. The molecule has 1 aliphatic rings. The molecule has 0 radical (unpaired) electrons. The molecule has 4 aromatic rings. The molecular formula is C25H21F2N3O4. The molecule has 3 atom stereocenters. The van der Waals surface area contributed by atoms with Crippen LogP contribution < -0.4 is 10.1 Å². The predicted molar refractivity (Wildman–Crippen MR) is 118 cm³/mol. The number of carbonyl (C=O) groups is 1. The minimum absolute atomic E-state index is 0.210. The summed E-state index contributed by atoms with van der Waals surface area (Å²) in [4.78, 5) is 17.7. The molecule has 0 saturated heterocycles. The van der Waals surface area contributed by atoms with Crippen molar-refractivity contribution in [3.63, 3.8) is 0 Å². The van der Waals surface area contributed by atoms with Crippen molar-refractivity contribution in [2.24, 2.45) is 0 Å². The lowest BCUT2D eigenvalue weighted by molar-refractivity contribution is 0.0107. The van der Waals surface area contributed by atoms with Gasteiger partial charge in [0.2, 0.25) is 0 Å². The summed E-state index contributed by atoms with van der Waals surface area (Å²) in [5.74, 6) is -1.70. The van der Waals surface area contributed by atoms with Crippen LogP contribution in [0.25, 0.3) is 5.65 Å². The van der Waals surface area contributed by atoms with Gasteiger partial charge in [0.25, 0.3) is 5.91 Å². The Kier molecular flexibility index (Phi) is 5.51. The van der Waals surface area contributed by atoms with E-state index in [1.165, 1.54) is 10.5 Å². The fourth-order valence-electron chi connectivity index (χ4n) is 4.35. The number of ether oxygens (including phenoxy) is 1. The van der Waals surface area contributed by atoms with Crippen molar-refractivity contribution in [1.29, 1.82) is 0 Å². The molecule has 0 bridgehead atoms. The monoisotopic (exact) mass is 465 g/mol. The quantitative estimate of drug-likeness (QED) is 0.420. The fourth-order valence-corrected chi connectivity index (χ4v) is 4.35. The second-order valence-corrected chi connectivity index (χ2v) is 8.12. The van der Waals surface area contributed by atoms with Crippen LogP contribution in [0.15, 0.2) is 60.8 Å². The second-order valence-electron chi connectivity index (χ2n) is 8.12. The molecular weight excluding hydrogens is 444 g/mol. The predicted octanol–water partition coefficient (Wildman–Crippen LogP) is 3.38. The molecule has 0 saturated carbocycles. The van der Waals surface area contributed by atoms with E-state index in [9.17, 15) is 23.8 Å². The third-order valence-electron chi connectivity index (χ3n) is 6.04. The van der Waals surface area contributed by atoms with Crippen molar-refractivity contribution < 1.29 is 28.5 Å². The minimum atomic E-state index is -1.20. The first-order valence-corrected chi connectivity index (χ1v) is 10.7. The summed E-state index contributed by atoms with van der Waals surface area (Å²) in [6, 6.07) is 13.0. The van der Waals surface area contributed by atoms with E-state index < -0.39 is 35.8 Å². The average Bonchev–Trinajstić information content (AvgIpc) is 3.28. The van der Waals surface area contributed by atoms with Gasteiger partial charge in [0.15, 0.2) is 11.4 Å². The van der Waals surface area contributed by atoms with Crippen molar-refractivity contribution in [1.82, 2.24) is 14.7 Å². The summed E-state index contributed by atoms with van der Waals surface area (Å²) < 4.78 is 35.1. The Hall–Kier alpha value is -3.82. The van der Waals surface area contributed by atoms with Crippen LogP contribution in [0.4, 0.5) is 8.78 Å². The van der Waals surface area contributed by atoms with Gasteiger partial charge in [-0.25, -0.2) is 13.8 Å². The van der Waals surface area contributed by atoms with E-state index in [2.05, 4.69) is 10.3 Å². The topological polar surface area (TPSA) is 96.1 Å². The van der Waals surface area contributed by atoms with E-state index >= 15 is 0 Å². The summed E-state index contributed by atoms with van der Waals surface area (Å²) in [5.41, 5.74) is 1.90. The molecule has 0 aliphatic heterocycles. The first-order valence-electron chi connectivity index (χ1n) is 10.7. The molecule has 7 nitrogen and oxygen atoms in total. The first-order chi connectivity index (χ1) is 16.4. The molecule has 1 aliphatic carbocycles. The highest BCUT2D eigenvalue weighted by atomic mass is 19.1. The van der Waals surface area contributed by atoms with Crippen molar-refractivity contribution in [2.75, 3.05) is 0 Å². The lowest BCUT2D eigenvalue weighted by Crippen LogP contribution is -2.35. The number of nitrogens with one attached hydrogen (secondary N) is 1. The Balaban J connectivity index is 1.44. The number of pyridine rings is 1. The largest absolute Gasteiger partial charge is 0.485 e. The number of aliphatic hydroxyl groups excluding tert-OH is 2. The van der Waals surface area contributed by atoms with Crippen LogP contribution in [0.1, 0.15) is 45.0 Å². The van der Waals surface area contributed by atoms with E-state index in [4.69, 9.17) is 4.74 Å². The number of rotatable bonds is 5. The first kappa shape index (κ1) is 22.0. The molecule has 0 fully saturated rings. The molecule has 34 heavy (non-hydrogen) atoms. The summed E-state index contributed by atoms with van der Waals surface area (Å²) in [7, 11) is 0. The third kappa shape index (κ3) is 3.59. The molecule has 9 heteroatoms. The number of halogens is 2. The Morgan fingerprint density at radius 3 is 2.50 bits per heavy atom. The molecule has 2 heterocycles. The summed E-state index contributed by atoms with van der Waals surface area (Å²) in [5, 5.41) is 23.6. The molecule has 174 valence electrons.